The molecule has 0 saturated heterocycles. The van der Waals surface area contributed by atoms with E-state index < -0.39 is 11.2 Å². The lowest BCUT2D eigenvalue weighted by molar-refractivity contribution is -0.137. The van der Waals surface area contributed by atoms with E-state index >= 15 is 0 Å². The molecule has 0 aliphatic heterocycles. The standard InChI is InChI=1S/C5H4F3N3S/c6-5(7,8)4-10-1-3(12-4)2-11-9/h1-2H,9H2/b11-2+. The molecule has 0 radical (unpaired) electrons. The first-order valence-corrected chi connectivity index (χ1v) is 3.62. The van der Waals surface area contributed by atoms with Crippen LogP contribution < -0.4 is 5.84 Å². The zero-order chi connectivity index (χ0) is 9.19. The number of alkyl halides is 3. The summed E-state index contributed by atoms with van der Waals surface area (Å²) in [5, 5.41) is 2.19. The highest BCUT2D eigenvalue weighted by atomic mass is 32.1. The number of halogens is 3. The molecule has 12 heavy (non-hydrogen) atoms. The van der Waals surface area contributed by atoms with Crippen LogP contribution in [0, 0.1) is 0 Å². The fourth-order valence-corrected chi connectivity index (χ4v) is 1.21. The molecule has 0 unspecified atom stereocenters. The molecular formula is C5H4F3N3S. The number of nitrogens with zero attached hydrogens (tertiary/aromatic N) is 2. The van der Waals surface area contributed by atoms with Gasteiger partial charge in [-0.2, -0.15) is 18.3 Å². The molecule has 0 aliphatic carbocycles. The van der Waals surface area contributed by atoms with E-state index in [0.29, 0.717) is 11.3 Å². The number of thiazole rings is 1. The van der Waals surface area contributed by atoms with E-state index in [1.807, 2.05) is 0 Å². The van der Waals surface area contributed by atoms with Gasteiger partial charge >= 0.3 is 6.18 Å². The van der Waals surface area contributed by atoms with Crippen molar-refractivity contribution in [1.29, 1.82) is 0 Å². The zero-order valence-corrected chi connectivity index (χ0v) is 6.49. The van der Waals surface area contributed by atoms with Crippen molar-refractivity contribution in [3.63, 3.8) is 0 Å². The quantitative estimate of drug-likeness (QED) is 0.419. The molecule has 0 bridgehead atoms. The molecule has 0 aromatic carbocycles. The maximum Gasteiger partial charge on any atom is 0.443 e. The molecule has 0 fully saturated rings. The summed E-state index contributed by atoms with van der Waals surface area (Å²) in [5.74, 6) is 4.75. The van der Waals surface area contributed by atoms with E-state index in [2.05, 4.69) is 10.1 Å². The Hall–Kier alpha value is -1.11. The lowest BCUT2D eigenvalue weighted by atomic mass is 10.6. The first-order valence-electron chi connectivity index (χ1n) is 2.80. The van der Waals surface area contributed by atoms with Crippen LogP contribution >= 0.6 is 11.3 Å². The molecule has 3 nitrogen and oxygen atoms in total. The summed E-state index contributed by atoms with van der Waals surface area (Å²) >= 11 is 0.499. The number of hydrogen-bond acceptors (Lipinski definition) is 4. The van der Waals surface area contributed by atoms with E-state index in [1.165, 1.54) is 0 Å². The van der Waals surface area contributed by atoms with E-state index in [0.717, 1.165) is 12.4 Å². The molecule has 1 aromatic heterocycles. The second-order valence-electron chi connectivity index (χ2n) is 1.84. The van der Waals surface area contributed by atoms with Crippen molar-refractivity contribution >= 4 is 17.6 Å². The third-order valence-electron chi connectivity index (χ3n) is 0.968. The average molecular weight is 195 g/mol. The Balaban J connectivity index is 2.92. The fourth-order valence-electron chi connectivity index (χ4n) is 0.551. The van der Waals surface area contributed by atoms with Crippen LogP contribution in [0.5, 0.6) is 0 Å². The van der Waals surface area contributed by atoms with Crippen molar-refractivity contribution in [2.24, 2.45) is 10.9 Å². The maximum atomic E-state index is 11.9. The van der Waals surface area contributed by atoms with Crippen LogP contribution in [0.4, 0.5) is 13.2 Å². The third-order valence-corrected chi connectivity index (χ3v) is 1.94. The molecule has 0 atom stereocenters. The number of hydrogen-bond donors (Lipinski definition) is 1. The second kappa shape index (κ2) is 3.10. The predicted molar refractivity (Wildman–Crippen MR) is 38.9 cm³/mol. The Kier molecular flexibility index (Phi) is 2.32. The lowest BCUT2D eigenvalue weighted by Gasteiger charge is -1.98. The number of rotatable bonds is 1. The van der Waals surface area contributed by atoms with Crippen molar-refractivity contribution in [2.75, 3.05) is 0 Å². The number of aromatic nitrogens is 1. The zero-order valence-electron chi connectivity index (χ0n) is 5.67. The maximum absolute atomic E-state index is 11.9. The Labute approximate surface area is 69.7 Å². The van der Waals surface area contributed by atoms with Crippen LogP contribution in [0.25, 0.3) is 0 Å². The van der Waals surface area contributed by atoms with Crippen LogP contribution in [0.3, 0.4) is 0 Å². The van der Waals surface area contributed by atoms with Crippen molar-refractivity contribution in [3.05, 3.63) is 16.1 Å². The fraction of sp³-hybridized carbons (Fsp3) is 0.200. The minimum atomic E-state index is -4.38. The van der Waals surface area contributed by atoms with E-state index in [-0.39, 0.29) is 4.88 Å². The van der Waals surface area contributed by atoms with E-state index in [9.17, 15) is 13.2 Å². The molecule has 0 saturated carbocycles. The van der Waals surface area contributed by atoms with E-state index in [4.69, 9.17) is 5.84 Å². The van der Waals surface area contributed by atoms with Gasteiger partial charge in [-0.25, -0.2) is 4.98 Å². The SMILES string of the molecule is N/N=C/c1cnc(C(F)(F)F)s1. The van der Waals surface area contributed by atoms with Gasteiger partial charge in [0.05, 0.1) is 11.1 Å². The summed E-state index contributed by atoms with van der Waals surface area (Å²) in [6, 6.07) is 0. The van der Waals surface area contributed by atoms with Gasteiger partial charge in [0, 0.05) is 6.20 Å². The minimum Gasteiger partial charge on any atom is -0.323 e. The largest absolute Gasteiger partial charge is 0.443 e. The van der Waals surface area contributed by atoms with Crippen LogP contribution in [-0.2, 0) is 6.18 Å². The van der Waals surface area contributed by atoms with Gasteiger partial charge in [-0.3, -0.25) is 0 Å². The molecule has 7 heteroatoms. The summed E-state index contributed by atoms with van der Waals surface area (Å²) in [4.78, 5) is 3.44. The topological polar surface area (TPSA) is 51.3 Å². The summed E-state index contributed by atoms with van der Waals surface area (Å²) in [6.45, 7) is 0. The highest BCUT2D eigenvalue weighted by Crippen LogP contribution is 2.31. The molecule has 1 aromatic rings. The van der Waals surface area contributed by atoms with Crippen molar-refractivity contribution in [1.82, 2.24) is 4.98 Å². The van der Waals surface area contributed by atoms with Crippen LogP contribution in [-0.4, -0.2) is 11.2 Å². The Morgan fingerprint density at radius 3 is 2.67 bits per heavy atom. The molecule has 1 heterocycles. The Morgan fingerprint density at radius 1 is 1.58 bits per heavy atom. The first kappa shape index (κ1) is 8.98. The molecule has 66 valence electrons. The lowest BCUT2D eigenvalue weighted by Crippen LogP contribution is -2.02. The number of hydrazone groups is 1. The van der Waals surface area contributed by atoms with Gasteiger partial charge < -0.3 is 5.84 Å². The van der Waals surface area contributed by atoms with Gasteiger partial charge in [0.1, 0.15) is 0 Å². The summed E-state index contributed by atoms with van der Waals surface area (Å²) in [5.41, 5.74) is 0. The molecule has 0 amide bonds. The monoisotopic (exact) mass is 195 g/mol. The smallest absolute Gasteiger partial charge is 0.323 e. The third kappa shape index (κ3) is 1.94. The molecule has 2 N–H and O–H groups in total. The molecule has 0 spiro atoms. The molecule has 1 rings (SSSR count). The van der Waals surface area contributed by atoms with Crippen molar-refractivity contribution in [3.8, 4) is 0 Å². The van der Waals surface area contributed by atoms with Gasteiger partial charge in [-0.1, -0.05) is 0 Å². The van der Waals surface area contributed by atoms with Crippen molar-refractivity contribution in [2.45, 2.75) is 6.18 Å². The number of nitrogens with two attached hydrogens (primary N) is 1. The average Bonchev–Trinajstić information content (AvgIpc) is 2.35. The summed E-state index contributed by atoms with van der Waals surface area (Å²) < 4.78 is 35.7. The first-order chi connectivity index (χ1) is 5.54. The minimum absolute atomic E-state index is 0.282. The second-order valence-corrected chi connectivity index (χ2v) is 2.91. The van der Waals surface area contributed by atoms with Crippen LogP contribution in [0.2, 0.25) is 0 Å². The van der Waals surface area contributed by atoms with E-state index in [1.54, 1.807) is 0 Å². The van der Waals surface area contributed by atoms with Gasteiger partial charge in [0.2, 0.25) is 0 Å². The van der Waals surface area contributed by atoms with Gasteiger partial charge in [0.25, 0.3) is 0 Å². The molecule has 0 aliphatic rings. The predicted octanol–water partition coefficient (Wildman–Crippen LogP) is 1.45. The van der Waals surface area contributed by atoms with Gasteiger partial charge in [-0.15, -0.1) is 11.3 Å². The summed E-state index contributed by atoms with van der Waals surface area (Å²) in [6.07, 6.45) is -2.19. The van der Waals surface area contributed by atoms with Crippen LogP contribution in [0.1, 0.15) is 9.88 Å². The van der Waals surface area contributed by atoms with Crippen LogP contribution in [0.15, 0.2) is 11.3 Å². The van der Waals surface area contributed by atoms with Gasteiger partial charge in [-0.05, 0) is 0 Å². The normalized spacial score (nSPS) is 12.6. The molecular weight excluding hydrogens is 191 g/mol. The van der Waals surface area contributed by atoms with Crippen molar-refractivity contribution < 1.29 is 13.2 Å². The van der Waals surface area contributed by atoms with Gasteiger partial charge in [0.15, 0.2) is 5.01 Å². The Morgan fingerprint density at radius 2 is 2.25 bits per heavy atom. The highest BCUT2D eigenvalue weighted by molar-refractivity contribution is 7.13. The Bertz CT molecular complexity index is 290. The summed E-state index contributed by atoms with van der Waals surface area (Å²) in [7, 11) is 0. The highest BCUT2D eigenvalue weighted by Gasteiger charge is 2.34.